The predicted octanol–water partition coefficient (Wildman–Crippen LogP) is 0.849. The van der Waals surface area contributed by atoms with E-state index in [0.29, 0.717) is 18.0 Å². The van der Waals surface area contributed by atoms with Crippen molar-refractivity contribution in [3.05, 3.63) is 72.6 Å². The van der Waals surface area contributed by atoms with Crippen molar-refractivity contribution in [3.63, 3.8) is 0 Å². The van der Waals surface area contributed by atoms with Crippen LogP contribution in [-0.4, -0.2) is 53.4 Å². The summed E-state index contributed by atoms with van der Waals surface area (Å²) in [6, 6.07) is 15.5. The van der Waals surface area contributed by atoms with E-state index in [1.807, 2.05) is 43.6 Å². The summed E-state index contributed by atoms with van der Waals surface area (Å²) in [6.45, 7) is 0.590. The van der Waals surface area contributed by atoms with Gasteiger partial charge in [0.15, 0.2) is 6.67 Å². The molecule has 1 fully saturated rings. The number of aromatic nitrogens is 2. The van der Waals surface area contributed by atoms with E-state index in [2.05, 4.69) is 5.10 Å². The number of amides is 4. The van der Waals surface area contributed by atoms with Gasteiger partial charge in [-0.05, 0) is 36.4 Å². The minimum atomic E-state index is -0.861. The highest BCUT2D eigenvalue weighted by Crippen LogP contribution is 2.24. The Morgan fingerprint density at radius 2 is 1.65 bits per heavy atom. The van der Waals surface area contributed by atoms with E-state index in [1.54, 1.807) is 35.1 Å². The zero-order valence-electron chi connectivity index (χ0n) is 17.2. The van der Waals surface area contributed by atoms with Gasteiger partial charge in [-0.2, -0.15) is 5.10 Å². The van der Waals surface area contributed by atoms with Gasteiger partial charge in [-0.1, -0.05) is 18.2 Å². The fourth-order valence-corrected chi connectivity index (χ4v) is 3.45. The van der Waals surface area contributed by atoms with Crippen molar-refractivity contribution in [2.45, 2.75) is 6.54 Å². The predicted molar refractivity (Wildman–Crippen MR) is 112 cm³/mol. The first-order valence-corrected chi connectivity index (χ1v) is 9.72. The maximum absolute atomic E-state index is 12.8. The molecule has 0 bridgehead atoms. The highest BCUT2D eigenvalue weighted by molar-refractivity contribution is 6.52. The third kappa shape index (κ3) is 4.03. The van der Waals surface area contributed by atoms with Crippen LogP contribution in [0.4, 0.5) is 10.5 Å². The van der Waals surface area contributed by atoms with Gasteiger partial charge >= 0.3 is 17.8 Å². The second kappa shape index (κ2) is 8.41. The molecule has 1 saturated heterocycles. The summed E-state index contributed by atoms with van der Waals surface area (Å²) in [7, 11) is 3.37. The van der Waals surface area contributed by atoms with E-state index < -0.39 is 17.8 Å². The Balaban J connectivity index is 1.44. The first-order chi connectivity index (χ1) is 15.0. The Morgan fingerprint density at radius 1 is 0.935 bits per heavy atom. The molecule has 3 aromatic rings. The number of ether oxygens (including phenoxy) is 1. The number of nitrogens with one attached hydrogen (secondary N) is 1. The molecule has 1 aliphatic rings. The molecule has 4 amide bonds. The normalized spacial score (nSPS) is 15.0. The summed E-state index contributed by atoms with van der Waals surface area (Å²) in [4.78, 5) is 40.4. The van der Waals surface area contributed by atoms with E-state index in [4.69, 9.17) is 4.74 Å². The highest BCUT2D eigenvalue weighted by atomic mass is 16.5. The third-order valence-electron chi connectivity index (χ3n) is 4.97. The lowest BCUT2D eigenvalue weighted by Gasteiger charge is -2.19. The molecule has 1 aromatic heterocycles. The molecule has 9 heteroatoms. The zero-order valence-corrected chi connectivity index (χ0v) is 17.2. The first kappa shape index (κ1) is 20.3. The quantitative estimate of drug-likeness (QED) is 0.452. The van der Waals surface area contributed by atoms with Crippen LogP contribution in [0.5, 0.6) is 5.75 Å². The van der Waals surface area contributed by atoms with Gasteiger partial charge in [0, 0.05) is 11.8 Å². The van der Waals surface area contributed by atoms with Gasteiger partial charge in [0.25, 0.3) is 0 Å². The van der Waals surface area contributed by atoms with Gasteiger partial charge in [-0.3, -0.25) is 9.59 Å². The number of hydrogen-bond acceptors (Lipinski definition) is 5. The van der Waals surface area contributed by atoms with Crippen LogP contribution in [0.1, 0.15) is 5.56 Å². The molecule has 9 nitrogen and oxygen atoms in total. The van der Waals surface area contributed by atoms with Crippen LogP contribution in [0.3, 0.4) is 0 Å². The molecule has 0 radical (unpaired) electrons. The molecule has 2 heterocycles. The van der Waals surface area contributed by atoms with E-state index in [1.165, 1.54) is 7.11 Å². The van der Waals surface area contributed by atoms with Crippen LogP contribution in [0.15, 0.2) is 67.0 Å². The van der Waals surface area contributed by atoms with Gasteiger partial charge in [-0.15, -0.1) is 0 Å². The molecule has 2 aromatic carbocycles. The summed E-state index contributed by atoms with van der Waals surface area (Å²) in [5, 5.41) is 4.36. The van der Waals surface area contributed by atoms with Crippen molar-refractivity contribution >= 4 is 23.5 Å². The molecule has 4 rings (SSSR count). The number of para-hydroxylation sites is 1. The van der Waals surface area contributed by atoms with Crippen LogP contribution in [0, 0.1) is 0 Å². The second-order valence-corrected chi connectivity index (χ2v) is 7.28. The molecule has 31 heavy (non-hydrogen) atoms. The van der Waals surface area contributed by atoms with Crippen LogP contribution in [-0.2, 0) is 16.1 Å². The van der Waals surface area contributed by atoms with Gasteiger partial charge in [0.1, 0.15) is 12.3 Å². The van der Waals surface area contributed by atoms with Gasteiger partial charge < -0.3 is 9.64 Å². The molecule has 1 aliphatic heterocycles. The van der Waals surface area contributed by atoms with Gasteiger partial charge in [0.2, 0.25) is 0 Å². The molecule has 1 N–H and O–H groups in total. The highest BCUT2D eigenvalue weighted by Gasteiger charge is 2.46. The molecule has 1 atom stereocenters. The Kier molecular flexibility index (Phi) is 5.50. The monoisotopic (exact) mass is 420 g/mol. The number of urea groups is 1. The average molecular weight is 420 g/mol. The average Bonchev–Trinajstić information content (AvgIpc) is 3.33. The number of nitrogens with zero attached hydrogens (tertiary/aromatic N) is 4. The van der Waals surface area contributed by atoms with E-state index in [0.717, 1.165) is 26.0 Å². The van der Waals surface area contributed by atoms with Crippen LogP contribution in [0.25, 0.3) is 5.69 Å². The number of rotatable bonds is 7. The lowest BCUT2D eigenvalue weighted by Crippen LogP contribution is -3.09. The van der Waals surface area contributed by atoms with Crippen molar-refractivity contribution < 1.29 is 24.0 Å². The number of carbonyl (C=O) groups excluding carboxylic acids is 3. The fraction of sp³-hybridized carbons (Fsp3) is 0.182. The molecule has 0 aliphatic carbocycles. The maximum Gasteiger partial charge on any atom is 0.343 e. The van der Waals surface area contributed by atoms with E-state index in [-0.39, 0.29) is 6.67 Å². The Hall–Kier alpha value is -3.98. The number of benzene rings is 2. The van der Waals surface area contributed by atoms with Crippen LogP contribution < -0.4 is 14.5 Å². The SMILES string of the molecule is COc1ccc(N2C(=O)C(=O)N(C[NH+](C)Cc3cnn(-c4ccccc4)c3)C2=O)cc1. The van der Waals surface area contributed by atoms with Crippen molar-refractivity contribution in [3.8, 4) is 11.4 Å². The summed E-state index contributed by atoms with van der Waals surface area (Å²) < 4.78 is 6.86. The number of methoxy groups -OCH3 is 1. The van der Waals surface area contributed by atoms with E-state index in [9.17, 15) is 14.4 Å². The number of quaternary nitrogens is 1. The summed E-state index contributed by atoms with van der Waals surface area (Å²) in [5.41, 5.74) is 2.21. The topological polar surface area (TPSA) is 89.2 Å². The van der Waals surface area contributed by atoms with Crippen molar-refractivity contribution in [1.82, 2.24) is 14.7 Å². The van der Waals surface area contributed by atoms with Crippen molar-refractivity contribution in [2.24, 2.45) is 0 Å². The molecule has 158 valence electrons. The standard InChI is InChI=1S/C22H21N5O4/c1-24(13-16-12-23-26(14-16)17-6-4-3-5-7-17)15-25-20(28)21(29)27(22(25)30)18-8-10-19(31-2)11-9-18/h3-12,14H,13,15H2,1-2H3/p+1. The largest absolute Gasteiger partial charge is 0.497 e. The van der Waals surface area contributed by atoms with Crippen molar-refractivity contribution in [2.75, 3.05) is 25.7 Å². The number of imide groups is 2. The Morgan fingerprint density at radius 3 is 2.32 bits per heavy atom. The summed E-state index contributed by atoms with van der Waals surface area (Å²) in [6.07, 6.45) is 3.65. The maximum atomic E-state index is 12.8. The minimum Gasteiger partial charge on any atom is -0.497 e. The summed E-state index contributed by atoms with van der Waals surface area (Å²) >= 11 is 0. The number of carbonyl (C=O) groups is 3. The van der Waals surface area contributed by atoms with E-state index >= 15 is 0 Å². The molecular weight excluding hydrogens is 398 g/mol. The lowest BCUT2D eigenvalue weighted by molar-refractivity contribution is -0.901. The number of anilines is 1. The van der Waals surface area contributed by atoms with Crippen LogP contribution >= 0.6 is 0 Å². The first-order valence-electron chi connectivity index (χ1n) is 9.72. The third-order valence-corrected chi connectivity index (χ3v) is 4.97. The second-order valence-electron chi connectivity index (χ2n) is 7.28. The molecular formula is C22H22N5O4+. The number of hydrogen-bond donors (Lipinski definition) is 1. The Labute approximate surface area is 179 Å². The molecule has 0 spiro atoms. The lowest BCUT2D eigenvalue weighted by atomic mass is 10.3. The fourth-order valence-electron chi connectivity index (χ4n) is 3.45. The van der Waals surface area contributed by atoms with Crippen LogP contribution in [0.2, 0.25) is 0 Å². The minimum absolute atomic E-state index is 0.0621. The van der Waals surface area contributed by atoms with Gasteiger partial charge in [0.05, 0.1) is 31.7 Å². The Bertz CT molecular complexity index is 1110. The van der Waals surface area contributed by atoms with Gasteiger partial charge in [-0.25, -0.2) is 19.3 Å². The summed E-state index contributed by atoms with van der Waals surface area (Å²) in [5.74, 6) is -1.11. The van der Waals surface area contributed by atoms with Crippen molar-refractivity contribution in [1.29, 1.82) is 0 Å². The smallest absolute Gasteiger partial charge is 0.343 e. The molecule has 1 unspecified atom stereocenters. The molecule has 0 saturated carbocycles. The zero-order chi connectivity index (χ0) is 22.0.